The molecule has 0 amide bonds. The van der Waals surface area contributed by atoms with E-state index in [1.807, 2.05) is 0 Å². The average molecular weight is 301 g/mol. The molecule has 0 bridgehead atoms. The molecule has 0 aliphatic rings. The summed E-state index contributed by atoms with van der Waals surface area (Å²) in [5.41, 5.74) is 0. The van der Waals surface area contributed by atoms with Gasteiger partial charge < -0.3 is 20.2 Å². The normalized spacial score (nSPS) is 11.2. The van der Waals surface area contributed by atoms with Crippen molar-refractivity contribution >= 4 is 0 Å². The van der Waals surface area contributed by atoms with Crippen LogP contribution in [0.3, 0.4) is 0 Å². The van der Waals surface area contributed by atoms with E-state index >= 15 is 0 Å². The number of rotatable bonds is 16. The maximum atomic E-state index is 9.10. The molecular weight excluding hydrogens is 266 g/mol. The molecule has 126 valence electrons. The number of unbranched alkanes of at least 4 members (excludes halogenated alkanes) is 7. The van der Waals surface area contributed by atoms with Gasteiger partial charge in [0.25, 0.3) is 0 Å². The van der Waals surface area contributed by atoms with Gasteiger partial charge in [0.15, 0.2) is 0 Å². The lowest BCUT2D eigenvalue weighted by Gasteiger charge is -2.21. The average Bonchev–Trinajstić information content (AvgIpc) is 2.45. The zero-order valence-corrected chi connectivity index (χ0v) is 13.6. The van der Waals surface area contributed by atoms with Crippen molar-refractivity contribution in [1.29, 1.82) is 0 Å². The van der Waals surface area contributed by atoms with Gasteiger partial charge in [-0.2, -0.15) is 0 Å². The number of aliphatic hydroxyl groups excluding tert-OH is 3. The van der Waals surface area contributed by atoms with Crippen LogP contribution >= 0.6 is 0 Å². The molecule has 0 aromatic heterocycles. The third-order valence-corrected chi connectivity index (χ3v) is 3.74. The van der Waals surface area contributed by atoms with E-state index in [4.69, 9.17) is 15.3 Å². The summed E-state index contributed by atoms with van der Waals surface area (Å²) >= 11 is 0. The summed E-state index contributed by atoms with van der Waals surface area (Å²) in [5, 5.41) is 26.8. The van der Waals surface area contributed by atoms with Gasteiger partial charge in [0.05, 0.1) is 12.4 Å². The SMILES string of the molecule is C=C(O)CCCCCCCN(CCO)CCCCCCO. The van der Waals surface area contributed by atoms with Crippen LogP contribution in [0.2, 0.25) is 0 Å². The molecule has 0 rings (SSSR count). The van der Waals surface area contributed by atoms with Crippen LogP contribution in [-0.2, 0) is 0 Å². The number of hydrogen-bond acceptors (Lipinski definition) is 4. The predicted octanol–water partition coefficient (Wildman–Crippen LogP) is 3.25. The van der Waals surface area contributed by atoms with E-state index < -0.39 is 0 Å². The maximum Gasteiger partial charge on any atom is 0.0851 e. The first-order valence-corrected chi connectivity index (χ1v) is 8.51. The van der Waals surface area contributed by atoms with E-state index in [1.54, 1.807) is 0 Å². The second-order valence-electron chi connectivity index (χ2n) is 5.79. The van der Waals surface area contributed by atoms with Gasteiger partial charge in [0.2, 0.25) is 0 Å². The summed E-state index contributed by atoms with van der Waals surface area (Å²) in [4.78, 5) is 2.34. The highest BCUT2D eigenvalue weighted by molar-refractivity contribution is 4.77. The first kappa shape index (κ1) is 20.4. The Morgan fingerprint density at radius 1 is 0.667 bits per heavy atom. The van der Waals surface area contributed by atoms with Gasteiger partial charge >= 0.3 is 0 Å². The molecule has 21 heavy (non-hydrogen) atoms. The monoisotopic (exact) mass is 301 g/mol. The molecule has 0 radical (unpaired) electrons. The Kier molecular flexibility index (Phi) is 15.4. The molecular formula is C17H35NO3. The topological polar surface area (TPSA) is 63.9 Å². The lowest BCUT2D eigenvalue weighted by atomic mass is 10.1. The molecule has 0 aliphatic carbocycles. The third kappa shape index (κ3) is 15.6. The molecule has 4 nitrogen and oxygen atoms in total. The quantitative estimate of drug-likeness (QED) is 0.302. The molecule has 0 aliphatic heterocycles. The Morgan fingerprint density at radius 2 is 1.19 bits per heavy atom. The first-order chi connectivity index (χ1) is 10.2. The zero-order chi connectivity index (χ0) is 15.8. The zero-order valence-electron chi connectivity index (χ0n) is 13.6. The minimum absolute atomic E-state index is 0.231. The number of hydrogen-bond donors (Lipinski definition) is 3. The van der Waals surface area contributed by atoms with Crippen molar-refractivity contribution in [2.75, 3.05) is 32.8 Å². The van der Waals surface area contributed by atoms with Gasteiger partial charge in [-0.25, -0.2) is 0 Å². The van der Waals surface area contributed by atoms with Crippen molar-refractivity contribution < 1.29 is 15.3 Å². The Labute approximate surface area is 130 Å². The fourth-order valence-electron chi connectivity index (χ4n) is 2.47. The van der Waals surface area contributed by atoms with Crippen LogP contribution in [-0.4, -0.2) is 53.1 Å². The Bertz CT molecular complexity index is 234. The fourth-order valence-corrected chi connectivity index (χ4v) is 2.47. The molecule has 0 atom stereocenters. The Hall–Kier alpha value is -0.580. The van der Waals surface area contributed by atoms with Crippen LogP contribution in [0, 0.1) is 0 Å². The van der Waals surface area contributed by atoms with Crippen molar-refractivity contribution in [3.05, 3.63) is 12.3 Å². The van der Waals surface area contributed by atoms with Crippen molar-refractivity contribution in [1.82, 2.24) is 4.90 Å². The third-order valence-electron chi connectivity index (χ3n) is 3.74. The minimum atomic E-state index is 0.231. The van der Waals surface area contributed by atoms with E-state index in [0.29, 0.717) is 12.4 Å². The number of aliphatic hydroxyl groups is 3. The van der Waals surface area contributed by atoms with Crippen LogP contribution in [0.15, 0.2) is 12.3 Å². The number of allylic oxidation sites excluding steroid dienone is 1. The molecule has 0 heterocycles. The smallest absolute Gasteiger partial charge is 0.0851 e. The molecule has 4 heteroatoms. The first-order valence-electron chi connectivity index (χ1n) is 8.51. The van der Waals surface area contributed by atoms with E-state index in [-0.39, 0.29) is 6.61 Å². The van der Waals surface area contributed by atoms with E-state index in [0.717, 1.165) is 64.6 Å². The largest absolute Gasteiger partial charge is 0.513 e. The summed E-state index contributed by atoms with van der Waals surface area (Å²) in [6.07, 6.45) is 10.8. The van der Waals surface area contributed by atoms with Crippen LogP contribution in [0.1, 0.15) is 64.2 Å². The summed E-state index contributed by atoms with van der Waals surface area (Å²) in [6.45, 7) is 6.90. The standard InChI is InChI=1S/C17H35NO3/c1-17(21)11-7-3-2-4-8-12-18(14-16-20)13-9-5-6-10-15-19/h19-21H,1-16H2. The van der Waals surface area contributed by atoms with E-state index in [2.05, 4.69) is 11.5 Å². The summed E-state index contributed by atoms with van der Waals surface area (Å²) in [5.74, 6) is 0.297. The van der Waals surface area contributed by atoms with Gasteiger partial charge in [0.1, 0.15) is 0 Å². The molecule has 0 fully saturated rings. The molecule has 0 unspecified atom stereocenters. The van der Waals surface area contributed by atoms with Crippen molar-refractivity contribution in [2.24, 2.45) is 0 Å². The highest BCUT2D eigenvalue weighted by Gasteiger charge is 2.03. The predicted molar refractivity (Wildman–Crippen MR) is 88.6 cm³/mol. The number of nitrogens with zero attached hydrogens (tertiary/aromatic N) is 1. The molecule has 3 N–H and O–H groups in total. The Balaban J connectivity index is 3.48. The van der Waals surface area contributed by atoms with Gasteiger partial charge in [0, 0.05) is 19.6 Å². The summed E-state index contributed by atoms with van der Waals surface area (Å²) < 4.78 is 0. The maximum absolute atomic E-state index is 9.10. The van der Waals surface area contributed by atoms with Gasteiger partial charge in [-0.1, -0.05) is 38.7 Å². The van der Waals surface area contributed by atoms with Crippen LogP contribution in [0.5, 0.6) is 0 Å². The molecule has 0 spiro atoms. The van der Waals surface area contributed by atoms with Crippen molar-refractivity contribution in [3.8, 4) is 0 Å². The molecule has 0 saturated carbocycles. The Morgan fingerprint density at radius 3 is 1.71 bits per heavy atom. The fraction of sp³-hybridized carbons (Fsp3) is 0.882. The second kappa shape index (κ2) is 15.8. The van der Waals surface area contributed by atoms with E-state index in [9.17, 15) is 0 Å². The van der Waals surface area contributed by atoms with Gasteiger partial charge in [-0.3, -0.25) is 0 Å². The highest BCUT2D eigenvalue weighted by Crippen LogP contribution is 2.09. The van der Waals surface area contributed by atoms with Crippen LogP contribution in [0.25, 0.3) is 0 Å². The molecule has 0 saturated heterocycles. The van der Waals surface area contributed by atoms with Gasteiger partial charge in [-0.05, 0) is 38.8 Å². The lowest BCUT2D eigenvalue weighted by molar-refractivity contribution is 0.189. The molecule has 0 aromatic carbocycles. The lowest BCUT2D eigenvalue weighted by Crippen LogP contribution is -2.29. The van der Waals surface area contributed by atoms with Crippen LogP contribution < -0.4 is 0 Å². The van der Waals surface area contributed by atoms with E-state index in [1.165, 1.54) is 19.3 Å². The second-order valence-corrected chi connectivity index (χ2v) is 5.79. The summed E-state index contributed by atoms with van der Waals surface area (Å²) in [6, 6.07) is 0. The molecule has 0 aromatic rings. The van der Waals surface area contributed by atoms with Crippen molar-refractivity contribution in [2.45, 2.75) is 64.2 Å². The van der Waals surface area contributed by atoms with Crippen LogP contribution in [0.4, 0.5) is 0 Å². The summed E-state index contributed by atoms with van der Waals surface area (Å²) in [7, 11) is 0. The highest BCUT2D eigenvalue weighted by atomic mass is 16.3. The van der Waals surface area contributed by atoms with Crippen molar-refractivity contribution in [3.63, 3.8) is 0 Å². The van der Waals surface area contributed by atoms with Gasteiger partial charge in [-0.15, -0.1) is 0 Å². The minimum Gasteiger partial charge on any atom is -0.513 e.